The molecule has 118 valence electrons. The third kappa shape index (κ3) is 3.02. The van der Waals surface area contributed by atoms with Gasteiger partial charge >= 0.3 is 6.03 Å². The van der Waals surface area contributed by atoms with Crippen molar-refractivity contribution in [2.75, 3.05) is 13.1 Å². The molecule has 1 aliphatic carbocycles. The first-order valence-corrected chi connectivity index (χ1v) is 7.61. The van der Waals surface area contributed by atoms with E-state index in [0.717, 1.165) is 17.7 Å². The zero-order valence-electron chi connectivity index (χ0n) is 12.6. The van der Waals surface area contributed by atoms with E-state index in [9.17, 15) is 14.4 Å². The lowest BCUT2D eigenvalue weighted by atomic mass is 9.93. The van der Waals surface area contributed by atoms with Gasteiger partial charge in [0.1, 0.15) is 12.1 Å². The van der Waals surface area contributed by atoms with Crippen LogP contribution in [0.5, 0.6) is 0 Å². The van der Waals surface area contributed by atoms with E-state index in [0.29, 0.717) is 25.3 Å². The Labute approximate surface area is 124 Å². The number of rotatable bonds is 7. The van der Waals surface area contributed by atoms with Gasteiger partial charge in [-0.25, -0.2) is 4.79 Å². The van der Waals surface area contributed by atoms with Crippen molar-refractivity contribution in [2.45, 2.75) is 51.1 Å². The van der Waals surface area contributed by atoms with Crippen LogP contribution in [0.3, 0.4) is 0 Å². The first-order chi connectivity index (χ1) is 9.97. The van der Waals surface area contributed by atoms with Crippen molar-refractivity contribution in [2.24, 2.45) is 11.7 Å². The number of imide groups is 1. The summed E-state index contributed by atoms with van der Waals surface area (Å²) in [6.45, 7) is 3.84. The summed E-state index contributed by atoms with van der Waals surface area (Å²) in [5.74, 6) is -0.209. The van der Waals surface area contributed by atoms with E-state index >= 15 is 0 Å². The Morgan fingerprint density at radius 3 is 2.48 bits per heavy atom. The molecular weight excluding hydrogens is 272 g/mol. The summed E-state index contributed by atoms with van der Waals surface area (Å²) in [6, 6.07) is -0.546. The molecule has 0 radical (unpaired) electrons. The highest BCUT2D eigenvalue weighted by Gasteiger charge is 2.49. The normalized spacial score (nSPS) is 22.1. The number of amides is 4. The summed E-state index contributed by atoms with van der Waals surface area (Å²) in [5, 5.41) is 5.53. The molecule has 1 saturated carbocycles. The van der Waals surface area contributed by atoms with Crippen LogP contribution < -0.4 is 16.4 Å². The van der Waals surface area contributed by atoms with Gasteiger partial charge in [-0.15, -0.1) is 0 Å². The van der Waals surface area contributed by atoms with Crippen LogP contribution in [0.25, 0.3) is 0 Å². The van der Waals surface area contributed by atoms with Crippen LogP contribution in [-0.2, 0) is 9.59 Å². The molecule has 1 unspecified atom stereocenters. The third-order valence-electron chi connectivity index (χ3n) is 4.55. The molecule has 0 aromatic heterocycles. The molecule has 2 aliphatic rings. The maximum Gasteiger partial charge on any atom is 0.325 e. The zero-order chi connectivity index (χ0) is 15.6. The van der Waals surface area contributed by atoms with Crippen molar-refractivity contribution in [1.82, 2.24) is 15.5 Å². The lowest BCUT2D eigenvalue weighted by Gasteiger charge is -2.23. The predicted octanol–water partition coefficient (Wildman–Crippen LogP) is -0.0495. The predicted molar refractivity (Wildman–Crippen MR) is 77.3 cm³/mol. The highest BCUT2D eigenvalue weighted by atomic mass is 16.2. The maximum absolute atomic E-state index is 12.4. The average molecular weight is 296 g/mol. The van der Waals surface area contributed by atoms with Crippen LogP contribution in [0.1, 0.15) is 39.5 Å². The van der Waals surface area contributed by atoms with E-state index in [1.807, 2.05) is 13.8 Å². The van der Waals surface area contributed by atoms with Gasteiger partial charge in [0.15, 0.2) is 0 Å². The SMILES string of the molecule is CCC1(CC)NC(=O)N(CC(=O)NC(CN)C2CC2)C1=O. The summed E-state index contributed by atoms with van der Waals surface area (Å²) in [7, 11) is 0. The Hall–Kier alpha value is -1.63. The standard InChI is InChI=1S/C14H24N4O3/c1-3-14(4-2)12(20)18(13(21)17-14)8-11(19)16-10(7-15)9-5-6-9/h9-10H,3-8,15H2,1-2H3,(H,16,19)(H,17,21). The molecule has 0 bridgehead atoms. The summed E-state index contributed by atoms with van der Waals surface area (Å²) >= 11 is 0. The van der Waals surface area contributed by atoms with Crippen molar-refractivity contribution < 1.29 is 14.4 Å². The second-order valence-corrected chi connectivity index (χ2v) is 5.86. The molecular formula is C14H24N4O3. The number of carbonyl (C=O) groups excluding carboxylic acids is 3. The van der Waals surface area contributed by atoms with Crippen LogP contribution in [0.2, 0.25) is 0 Å². The van der Waals surface area contributed by atoms with Crippen LogP contribution >= 0.6 is 0 Å². The second-order valence-electron chi connectivity index (χ2n) is 5.86. The molecule has 1 heterocycles. The second kappa shape index (κ2) is 6.01. The van der Waals surface area contributed by atoms with E-state index in [-0.39, 0.29) is 24.4 Å². The molecule has 21 heavy (non-hydrogen) atoms. The first-order valence-electron chi connectivity index (χ1n) is 7.61. The third-order valence-corrected chi connectivity index (χ3v) is 4.55. The van der Waals surface area contributed by atoms with E-state index in [1.165, 1.54) is 0 Å². The molecule has 0 spiro atoms. The van der Waals surface area contributed by atoms with Gasteiger partial charge in [-0.1, -0.05) is 13.8 Å². The van der Waals surface area contributed by atoms with Crippen molar-refractivity contribution in [3.8, 4) is 0 Å². The number of carbonyl (C=O) groups is 3. The van der Waals surface area contributed by atoms with Gasteiger partial charge in [-0.05, 0) is 31.6 Å². The Kier molecular flexibility index (Phi) is 4.51. The Morgan fingerprint density at radius 2 is 2.05 bits per heavy atom. The fourth-order valence-electron chi connectivity index (χ4n) is 2.81. The maximum atomic E-state index is 12.4. The number of nitrogens with two attached hydrogens (primary N) is 1. The van der Waals surface area contributed by atoms with E-state index in [4.69, 9.17) is 5.73 Å². The fraction of sp³-hybridized carbons (Fsp3) is 0.786. The average Bonchev–Trinajstić information content (AvgIpc) is 3.28. The van der Waals surface area contributed by atoms with Gasteiger partial charge in [0.25, 0.3) is 5.91 Å². The molecule has 7 nitrogen and oxygen atoms in total. The van der Waals surface area contributed by atoms with E-state index in [2.05, 4.69) is 10.6 Å². The monoisotopic (exact) mass is 296 g/mol. The number of hydrogen-bond donors (Lipinski definition) is 3. The van der Waals surface area contributed by atoms with Gasteiger partial charge in [0, 0.05) is 12.6 Å². The van der Waals surface area contributed by atoms with Crippen LogP contribution in [0, 0.1) is 5.92 Å². The smallest absolute Gasteiger partial charge is 0.325 e. The molecule has 4 N–H and O–H groups in total. The van der Waals surface area contributed by atoms with E-state index in [1.54, 1.807) is 0 Å². The van der Waals surface area contributed by atoms with Crippen LogP contribution in [-0.4, -0.2) is 47.4 Å². The summed E-state index contributed by atoms with van der Waals surface area (Å²) in [4.78, 5) is 37.4. The quantitative estimate of drug-likeness (QED) is 0.573. The highest BCUT2D eigenvalue weighted by molar-refractivity contribution is 6.08. The van der Waals surface area contributed by atoms with Crippen molar-refractivity contribution in [3.63, 3.8) is 0 Å². The van der Waals surface area contributed by atoms with Gasteiger partial charge in [-0.3, -0.25) is 14.5 Å². The molecule has 4 amide bonds. The van der Waals surface area contributed by atoms with Crippen molar-refractivity contribution in [3.05, 3.63) is 0 Å². The minimum absolute atomic E-state index is 0.0552. The molecule has 2 fully saturated rings. The summed E-state index contributed by atoms with van der Waals surface area (Å²) in [5.41, 5.74) is 4.78. The number of urea groups is 1. The topological polar surface area (TPSA) is 105 Å². The largest absolute Gasteiger partial charge is 0.350 e. The van der Waals surface area contributed by atoms with Gasteiger partial charge in [-0.2, -0.15) is 0 Å². The molecule has 0 aromatic rings. The highest BCUT2D eigenvalue weighted by Crippen LogP contribution is 2.32. The lowest BCUT2D eigenvalue weighted by molar-refractivity contribution is -0.135. The minimum atomic E-state index is -0.860. The lowest BCUT2D eigenvalue weighted by Crippen LogP contribution is -2.49. The first kappa shape index (κ1) is 15.8. The Balaban J connectivity index is 1.97. The number of nitrogens with zero attached hydrogens (tertiary/aromatic N) is 1. The van der Waals surface area contributed by atoms with Crippen molar-refractivity contribution >= 4 is 17.8 Å². The fourth-order valence-corrected chi connectivity index (χ4v) is 2.81. The summed E-state index contributed by atoms with van der Waals surface area (Å²) in [6.07, 6.45) is 3.17. The van der Waals surface area contributed by atoms with Crippen LogP contribution in [0.4, 0.5) is 4.79 Å². The number of nitrogens with one attached hydrogen (secondary N) is 2. The molecule has 1 atom stereocenters. The van der Waals surface area contributed by atoms with Crippen LogP contribution in [0.15, 0.2) is 0 Å². The molecule has 1 aliphatic heterocycles. The Morgan fingerprint density at radius 1 is 1.43 bits per heavy atom. The van der Waals surface area contributed by atoms with Gasteiger partial charge in [0.2, 0.25) is 5.91 Å². The minimum Gasteiger partial charge on any atom is -0.350 e. The van der Waals surface area contributed by atoms with Crippen molar-refractivity contribution in [1.29, 1.82) is 0 Å². The van der Waals surface area contributed by atoms with Gasteiger partial charge < -0.3 is 16.4 Å². The summed E-state index contributed by atoms with van der Waals surface area (Å²) < 4.78 is 0. The van der Waals surface area contributed by atoms with E-state index < -0.39 is 11.6 Å². The number of hydrogen-bond acceptors (Lipinski definition) is 4. The zero-order valence-corrected chi connectivity index (χ0v) is 12.6. The molecule has 7 heteroatoms. The Bertz CT molecular complexity index is 444. The molecule has 1 saturated heterocycles. The molecule has 2 rings (SSSR count). The molecule has 0 aromatic carbocycles. The van der Waals surface area contributed by atoms with Gasteiger partial charge in [0.05, 0.1) is 0 Å².